The van der Waals surface area contributed by atoms with Crippen molar-refractivity contribution in [1.82, 2.24) is 9.78 Å². The Morgan fingerprint density at radius 2 is 2.17 bits per heavy atom. The number of hydrogen-bond donors (Lipinski definition) is 0. The van der Waals surface area contributed by atoms with Crippen molar-refractivity contribution in [2.75, 3.05) is 0 Å². The van der Waals surface area contributed by atoms with Crippen LogP contribution in [0.2, 0.25) is 0 Å². The standard InChI is InChI=1S/C14H18N2OS/c1-9(2)8-12-10(3)15-16(11(12)4)14(17)13-6-5-7-18-13/h5-7,9H,8H2,1-4H3. The molecule has 0 bridgehead atoms. The molecule has 0 radical (unpaired) electrons. The fourth-order valence-corrected chi connectivity index (χ4v) is 2.73. The van der Waals surface area contributed by atoms with Crippen LogP contribution in [0.5, 0.6) is 0 Å². The molecule has 18 heavy (non-hydrogen) atoms. The van der Waals surface area contributed by atoms with E-state index in [1.165, 1.54) is 16.9 Å². The molecule has 0 saturated carbocycles. The molecule has 0 aliphatic heterocycles. The summed E-state index contributed by atoms with van der Waals surface area (Å²) in [7, 11) is 0. The molecule has 0 unspecified atom stereocenters. The smallest absolute Gasteiger partial charge is 0.266 e. The van der Waals surface area contributed by atoms with Gasteiger partial charge in [-0.25, -0.2) is 0 Å². The van der Waals surface area contributed by atoms with E-state index in [1.54, 1.807) is 4.68 Å². The maximum atomic E-state index is 12.3. The van der Waals surface area contributed by atoms with E-state index < -0.39 is 0 Å². The van der Waals surface area contributed by atoms with Gasteiger partial charge in [0.15, 0.2) is 0 Å². The average Bonchev–Trinajstić information content (AvgIpc) is 2.91. The maximum Gasteiger partial charge on any atom is 0.288 e. The Morgan fingerprint density at radius 1 is 1.44 bits per heavy atom. The Hall–Kier alpha value is -1.42. The first kappa shape index (κ1) is 13.0. The Balaban J connectivity index is 2.38. The second-order valence-electron chi connectivity index (χ2n) is 4.94. The Kier molecular flexibility index (Phi) is 3.66. The Labute approximate surface area is 111 Å². The minimum absolute atomic E-state index is 0.0272. The summed E-state index contributed by atoms with van der Waals surface area (Å²) in [4.78, 5) is 13.0. The maximum absolute atomic E-state index is 12.3. The molecule has 0 aromatic carbocycles. The largest absolute Gasteiger partial charge is 0.288 e. The number of thiophene rings is 1. The van der Waals surface area contributed by atoms with E-state index in [0.29, 0.717) is 5.92 Å². The number of aromatic nitrogens is 2. The number of carbonyl (C=O) groups excluding carboxylic acids is 1. The molecule has 2 rings (SSSR count). The van der Waals surface area contributed by atoms with Gasteiger partial charge >= 0.3 is 0 Å². The monoisotopic (exact) mass is 262 g/mol. The van der Waals surface area contributed by atoms with Crippen molar-refractivity contribution in [3.8, 4) is 0 Å². The molecule has 0 atom stereocenters. The predicted octanol–water partition coefficient (Wildman–Crippen LogP) is 3.45. The van der Waals surface area contributed by atoms with Gasteiger partial charge in [-0.1, -0.05) is 19.9 Å². The van der Waals surface area contributed by atoms with E-state index in [9.17, 15) is 4.79 Å². The summed E-state index contributed by atoms with van der Waals surface area (Å²) in [6.45, 7) is 8.31. The zero-order valence-electron chi connectivity index (χ0n) is 11.2. The molecule has 0 saturated heterocycles. The second-order valence-corrected chi connectivity index (χ2v) is 5.89. The van der Waals surface area contributed by atoms with Crippen LogP contribution < -0.4 is 0 Å². The number of nitrogens with zero attached hydrogens (tertiary/aromatic N) is 2. The van der Waals surface area contributed by atoms with E-state index in [-0.39, 0.29) is 5.91 Å². The van der Waals surface area contributed by atoms with Crippen LogP contribution in [0.15, 0.2) is 17.5 Å². The van der Waals surface area contributed by atoms with Crippen LogP contribution in [0.1, 0.15) is 40.5 Å². The van der Waals surface area contributed by atoms with E-state index >= 15 is 0 Å². The molecule has 0 N–H and O–H groups in total. The van der Waals surface area contributed by atoms with E-state index in [1.807, 2.05) is 31.4 Å². The van der Waals surface area contributed by atoms with Crippen molar-refractivity contribution in [1.29, 1.82) is 0 Å². The van der Waals surface area contributed by atoms with Crippen molar-refractivity contribution in [2.24, 2.45) is 5.92 Å². The lowest BCUT2D eigenvalue weighted by atomic mass is 10.0. The van der Waals surface area contributed by atoms with Crippen LogP contribution in [0.4, 0.5) is 0 Å². The van der Waals surface area contributed by atoms with Crippen molar-refractivity contribution < 1.29 is 4.79 Å². The third-order valence-corrected chi connectivity index (χ3v) is 3.84. The summed E-state index contributed by atoms with van der Waals surface area (Å²) in [6, 6.07) is 3.73. The summed E-state index contributed by atoms with van der Waals surface area (Å²) in [5.41, 5.74) is 3.14. The fraction of sp³-hybridized carbons (Fsp3) is 0.429. The Bertz CT molecular complexity index is 553. The van der Waals surface area contributed by atoms with Crippen molar-refractivity contribution in [3.05, 3.63) is 39.3 Å². The third-order valence-electron chi connectivity index (χ3n) is 2.98. The molecule has 0 aliphatic carbocycles. The van der Waals surface area contributed by atoms with Gasteiger partial charge in [-0.05, 0) is 43.2 Å². The van der Waals surface area contributed by atoms with E-state index in [4.69, 9.17) is 0 Å². The molecule has 0 spiro atoms. The van der Waals surface area contributed by atoms with Gasteiger partial charge in [0.05, 0.1) is 10.6 Å². The predicted molar refractivity (Wildman–Crippen MR) is 74.3 cm³/mol. The highest BCUT2D eigenvalue weighted by Crippen LogP contribution is 2.19. The summed E-state index contributed by atoms with van der Waals surface area (Å²) in [6.07, 6.45) is 0.968. The molecule has 96 valence electrons. The molecule has 4 heteroatoms. The first-order chi connectivity index (χ1) is 8.50. The molecule has 0 fully saturated rings. The fourth-order valence-electron chi connectivity index (χ4n) is 2.08. The summed E-state index contributed by atoms with van der Waals surface area (Å²) in [5, 5.41) is 6.30. The van der Waals surface area contributed by atoms with Gasteiger partial charge in [-0.2, -0.15) is 9.78 Å². The highest BCUT2D eigenvalue weighted by molar-refractivity contribution is 7.12. The number of carbonyl (C=O) groups is 1. The summed E-state index contributed by atoms with van der Waals surface area (Å²) >= 11 is 1.45. The van der Waals surface area contributed by atoms with Gasteiger partial charge in [-0.15, -0.1) is 11.3 Å². The number of hydrogen-bond acceptors (Lipinski definition) is 3. The third kappa shape index (κ3) is 2.38. The molecular formula is C14H18N2OS. The van der Waals surface area contributed by atoms with Crippen molar-refractivity contribution in [2.45, 2.75) is 34.1 Å². The minimum atomic E-state index is -0.0272. The Morgan fingerprint density at radius 3 is 2.72 bits per heavy atom. The molecule has 2 aromatic heterocycles. The minimum Gasteiger partial charge on any atom is -0.266 e. The quantitative estimate of drug-likeness (QED) is 0.849. The zero-order chi connectivity index (χ0) is 13.3. The average molecular weight is 262 g/mol. The molecular weight excluding hydrogens is 244 g/mol. The van der Waals surface area contributed by atoms with Gasteiger partial charge in [0, 0.05) is 5.69 Å². The summed E-state index contributed by atoms with van der Waals surface area (Å²) < 4.78 is 1.54. The SMILES string of the molecule is Cc1nn(C(=O)c2cccs2)c(C)c1CC(C)C. The van der Waals surface area contributed by atoms with Gasteiger partial charge in [0.25, 0.3) is 5.91 Å². The van der Waals surface area contributed by atoms with Gasteiger partial charge < -0.3 is 0 Å². The van der Waals surface area contributed by atoms with Gasteiger partial charge in [-0.3, -0.25) is 4.79 Å². The highest BCUT2D eigenvalue weighted by Gasteiger charge is 2.18. The van der Waals surface area contributed by atoms with Gasteiger partial charge in [0.1, 0.15) is 0 Å². The van der Waals surface area contributed by atoms with Crippen LogP contribution >= 0.6 is 11.3 Å². The molecule has 3 nitrogen and oxygen atoms in total. The topological polar surface area (TPSA) is 34.9 Å². The van der Waals surface area contributed by atoms with Crippen LogP contribution in [0, 0.1) is 19.8 Å². The lowest BCUT2D eigenvalue weighted by Crippen LogP contribution is -2.14. The lowest BCUT2D eigenvalue weighted by Gasteiger charge is -2.05. The highest BCUT2D eigenvalue weighted by atomic mass is 32.1. The lowest BCUT2D eigenvalue weighted by molar-refractivity contribution is 0.0946. The summed E-state index contributed by atoms with van der Waals surface area (Å²) in [5.74, 6) is 0.539. The van der Waals surface area contributed by atoms with Crippen LogP contribution in [0.25, 0.3) is 0 Å². The van der Waals surface area contributed by atoms with E-state index in [2.05, 4.69) is 18.9 Å². The van der Waals surface area contributed by atoms with E-state index in [0.717, 1.165) is 22.7 Å². The van der Waals surface area contributed by atoms with Crippen LogP contribution in [0.3, 0.4) is 0 Å². The molecule has 2 heterocycles. The van der Waals surface area contributed by atoms with Crippen molar-refractivity contribution in [3.63, 3.8) is 0 Å². The van der Waals surface area contributed by atoms with Gasteiger partial charge in [0.2, 0.25) is 0 Å². The normalized spacial score (nSPS) is 11.2. The first-order valence-electron chi connectivity index (χ1n) is 6.14. The number of rotatable bonds is 3. The molecule has 0 aliphatic rings. The van der Waals surface area contributed by atoms with Crippen LogP contribution in [-0.2, 0) is 6.42 Å². The number of aryl methyl sites for hydroxylation is 1. The zero-order valence-corrected chi connectivity index (χ0v) is 12.0. The van der Waals surface area contributed by atoms with Crippen molar-refractivity contribution >= 4 is 17.2 Å². The molecule has 0 amide bonds. The second kappa shape index (κ2) is 5.06. The first-order valence-corrected chi connectivity index (χ1v) is 7.02. The van der Waals surface area contributed by atoms with Crippen LogP contribution in [-0.4, -0.2) is 15.7 Å². The molecule has 2 aromatic rings.